The van der Waals surface area contributed by atoms with Crippen molar-refractivity contribution in [3.8, 4) is 0 Å². The van der Waals surface area contributed by atoms with Crippen molar-refractivity contribution in [2.45, 2.75) is 26.7 Å². The Kier molecular flexibility index (Phi) is 3.85. The van der Waals surface area contributed by atoms with Crippen LogP contribution >= 0.6 is 15.9 Å². The number of amidine groups is 1. The molecule has 1 amide bonds. The summed E-state index contributed by atoms with van der Waals surface area (Å²) in [6.45, 7) is 3.82. The number of rotatable bonds is 1. The molecule has 2 rings (SSSR count). The van der Waals surface area contributed by atoms with Crippen molar-refractivity contribution < 1.29 is 9.59 Å². The molecule has 1 fully saturated rings. The van der Waals surface area contributed by atoms with Crippen molar-refractivity contribution in [1.82, 2.24) is 5.32 Å². The van der Waals surface area contributed by atoms with Gasteiger partial charge in [-0.1, -0.05) is 29.8 Å². The van der Waals surface area contributed by atoms with E-state index in [0.29, 0.717) is 18.5 Å². The molecule has 1 aromatic rings. The lowest BCUT2D eigenvalue weighted by molar-refractivity contribution is -0.121. The molecule has 100 valence electrons. The van der Waals surface area contributed by atoms with E-state index in [4.69, 9.17) is 0 Å². The predicted molar refractivity (Wildman–Crippen MR) is 77.4 cm³/mol. The van der Waals surface area contributed by atoms with E-state index in [1.807, 2.05) is 26.0 Å². The Bertz CT molecular complexity index is 547. The first kappa shape index (κ1) is 13.9. The molecule has 1 saturated heterocycles. The molecule has 1 aromatic carbocycles. The van der Waals surface area contributed by atoms with Gasteiger partial charge in [0.2, 0.25) is 5.91 Å². The van der Waals surface area contributed by atoms with Crippen molar-refractivity contribution in [3.05, 3.63) is 28.7 Å². The third-order valence-electron chi connectivity index (χ3n) is 2.87. The summed E-state index contributed by atoms with van der Waals surface area (Å²) in [6, 6.07) is 7.25. The molecule has 0 radical (unpaired) electrons. The molecule has 1 N–H and O–H groups in total. The number of benzene rings is 1. The van der Waals surface area contributed by atoms with Crippen molar-refractivity contribution >= 4 is 39.1 Å². The van der Waals surface area contributed by atoms with Crippen LogP contribution in [0.15, 0.2) is 33.7 Å². The Morgan fingerprint density at radius 2 is 1.79 bits per heavy atom. The maximum Gasteiger partial charge on any atom is 0.226 e. The van der Waals surface area contributed by atoms with Crippen LogP contribution in [-0.4, -0.2) is 17.5 Å². The fraction of sp³-hybridized carbons (Fsp3) is 0.357. The molecule has 0 aromatic heterocycles. The van der Waals surface area contributed by atoms with Crippen LogP contribution in [0, 0.1) is 5.41 Å². The second-order valence-electron chi connectivity index (χ2n) is 5.43. The number of ketones is 1. The van der Waals surface area contributed by atoms with Gasteiger partial charge in [0.05, 0.1) is 5.69 Å². The standard InChI is InChI=1S/C14H15BrN2O2/c1-14(2)7-11(18)13(17-12(19)8-14)16-10-5-3-9(15)4-6-10/h3-6H,7-8H2,1-2H3,(H,16,17,19). The van der Waals surface area contributed by atoms with Gasteiger partial charge in [0.1, 0.15) is 0 Å². The maximum absolute atomic E-state index is 12.1. The number of Topliss-reactive ketones (excluding diaryl/α,β-unsaturated/α-hetero) is 1. The molecule has 0 unspecified atom stereocenters. The van der Waals surface area contributed by atoms with Gasteiger partial charge in [-0.15, -0.1) is 0 Å². The summed E-state index contributed by atoms with van der Waals surface area (Å²) in [5.41, 5.74) is 0.324. The highest BCUT2D eigenvalue weighted by Gasteiger charge is 2.32. The summed E-state index contributed by atoms with van der Waals surface area (Å²) in [4.78, 5) is 28.1. The molecule has 19 heavy (non-hydrogen) atoms. The summed E-state index contributed by atoms with van der Waals surface area (Å²) in [5, 5.41) is 2.60. The smallest absolute Gasteiger partial charge is 0.226 e. The molecule has 4 nitrogen and oxygen atoms in total. The first-order valence-electron chi connectivity index (χ1n) is 6.03. The number of nitrogens with one attached hydrogen (secondary N) is 1. The van der Waals surface area contributed by atoms with E-state index < -0.39 is 0 Å². The molecular formula is C14H15BrN2O2. The quantitative estimate of drug-likeness (QED) is 0.864. The zero-order chi connectivity index (χ0) is 14.0. The van der Waals surface area contributed by atoms with E-state index in [0.717, 1.165) is 4.47 Å². The lowest BCUT2D eigenvalue weighted by Crippen LogP contribution is -2.33. The first-order chi connectivity index (χ1) is 8.85. The molecule has 5 heteroatoms. The monoisotopic (exact) mass is 322 g/mol. The summed E-state index contributed by atoms with van der Waals surface area (Å²) < 4.78 is 0.939. The normalized spacial score (nSPS) is 21.1. The molecule has 0 spiro atoms. The fourth-order valence-corrected chi connectivity index (χ4v) is 2.26. The molecular weight excluding hydrogens is 308 g/mol. The van der Waals surface area contributed by atoms with Crippen LogP contribution in [0.25, 0.3) is 0 Å². The van der Waals surface area contributed by atoms with E-state index in [1.54, 1.807) is 12.1 Å². The summed E-state index contributed by atoms with van der Waals surface area (Å²) in [7, 11) is 0. The van der Waals surface area contributed by atoms with Crippen molar-refractivity contribution in [2.75, 3.05) is 0 Å². The van der Waals surface area contributed by atoms with Gasteiger partial charge < -0.3 is 5.32 Å². The zero-order valence-corrected chi connectivity index (χ0v) is 12.5. The highest BCUT2D eigenvalue weighted by Crippen LogP contribution is 2.27. The van der Waals surface area contributed by atoms with Gasteiger partial charge in [-0.3, -0.25) is 9.59 Å². The van der Waals surface area contributed by atoms with E-state index in [9.17, 15) is 9.59 Å². The van der Waals surface area contributed by atoms with E-state index >= 15 is 0 Å². The minimum Gasteiger partial charge on any atom is -0.308 e. The van der Waals surface area contributed by atoms with Gasteiger partial charge in [-0.25, -0.2) is 4.99 Å². The second-order valence-corrected chi connectivity index (χ2v) is 6.34. The average molecular weight is 323 g/mol. The first-order valence-corrected chi connectivity index (χ1v) is 6.82. The van der Waals surface area contributed by atoms with Gasteiger partial charge in [-0.05, 0) is 29.7 Å². The minimum absolute atomic E-state index is 0.126. The number of amides is 1. The van der Waals surface area contributed by atoms with Gasteiger partial charge >= 0.3 is 0 Å². The Hall–Kier alpha value is -1.49. The summed E-state index contributed by atoms with van der Waals surface area (Å²) >= 11 is 3.33. The minimum atomic E-state index is -0.321. The van der Waals surface area contributed by atoms with Crippen LogP contribution in [-0.2, 0) is 9.59 Å². The molecule has 1 aliphatic rings. The highest BCUT2D eigenvalue weighted by molar-refractivity contribution is 9.10. The van der Waals surface area contributed by atoms with E-state index in [1.165, 1.54) is 0 Å². The predicted octanol–water partition coefficient (Wildman–Crippen LogP) is 2.98. The largest absolute Gasteiger partial charge is 0.308 e. The number of nitrogens with zero attached hydrogens (tertiary/aromatic N) is 1. The van der Waals surface area contributed by atoms with E-state index in [-0.39, 0.29) is 22.9 Å². The van der Waals surface area contributed by atoms with Crippen LogP contribution in [0.2, 0.25) is 0 Å². The van der Waals surface area contributed by atoms with E-state index in [2.05, 4.69) is 26.2 Å². The molecule has 0 atom stereocenters. The van der Waals surface area contributed by atoms with Gasteiger partial charge in [-0.2, -0.15) is 0 Å². The molecule has 1 aliphatic heterocycles. The number of carbonyl (C=O) groups is 2. The second kappa shape index (κ2) is 5.25. The lowest BCUT2D eigenvalue weighted by Gasteiger charge is -2.18. The van der Waals surface area contributed by atoms with Crippen LogP contribution in [0.1, 0.15) is 26.7 Å². The fourth-order valence-electron chi connectivity index (χ4n) is 2.00. The lowest BCUT2D eigenvalue weighted by atomic mass is 9.85. The Morgan fingerprint density at radius 3 is 2.42 bits per heavy atom. The Balaban J connectivity index is 2.30. The highest BCUT2D eigenvalue weighted by atomic mass is 79.9. The molecule has 0 bridgehead atoms. The van der Waals surface area contributed by atoms with Crippen LogP contribution in [0.4, 0.5) is 5.69 Å². The topological polar surface area (TPSA) is 58.5 Å². The third kappa shape index (κ3) is 3.73. The number of hydrogen-bond donors (Lipinski definition) is 1. The average Bonchev–Trinajstić information content (AvgIpc) is 2.38. The van der Waals surface area contributed by atoms with Crippen LogP contribution in [0.5, 0.6) is 0 Å². The summed E-state index contributed by atoms with van der Waals surface area (Å²) in [5.74, 6) is -0.150. The summed E-state index contributed by atoms with van der Waals surface area (Å²) in [6.07, 6.45) is 0.652. The SMILES string of the molecule is CC1(C)CC(=O)NC(=Nc2ccc(Br)cc2)C(=O)C1. The van der Waals surface area contributed by atoms with Crippen LogP contribution < -0.4 is 5.32 Å². The van der Waals surface area contributed by atoms with Crippen molar-refractivity contribution in [3.63, 3.8) is 0 Å². The maximum atomic E-state index is 12.1. The Morgan fingerprint density at radius 1 is 1.16 bits per heavy atom. The van der Waals surface area contributed by atoms with Crippen molar-refractivity contribution in [2.24, 2.45) is 10.4 Å². The Labute approximate surface area is 120 Å². The molecule has 0 saturated carbocycles. The zero-order valence-electron chi connectivity index (χ0n) is 10.9. The third-order valence-corrected chi connectivity index (χ3v) is 3.40. The molecule has 0 aliphatic carbocycles. The van der Waals surface area contributed by atoms with Gasteiger partial charge in [0.25, 0.3) is 0 Å². The number of carbonyl (C=O) groups excluding carboxylic acids is 2. The van der Waals surface area contributed by atoms with Gasteiger partial charge in [0.15, 0.2) is 11.6 Å². The number of hydrogen-bond acceptors (Lipinski definition) is 3. The number of halogens is 1. The van der Waals surface area contributed by atoms with Crippen molar-refractivity contribution in [1.29, 1.82) is 0 Å². The van der Waals surface area contributed by atoms with Crippen LogP contribution in [0.3, 0.4) is 0 Å². The van der Waals surface area contributed by atoms with Gasteiger partial charge in [0, 0.05) is 17.3 Å². The number of aliphatic imine (C=N–C) groups is 1. The molecule has 1 heterocycles.